The van der Waals surface area contributed by atoms with Crippen LogP contribution in [0.3, 0.4) is 0 Å². The molecular formula is C14H22BNO3. The van der Waals surface area contributed by atoms with Crippen LogP contribution in [0.15, 0.2) is 41.5 Å². The summed E-state index contributed by atoms with van der Waals surface area (Å²) >= 11 is 0. The van der Waals surface area contributed by atoms with Crippen molar-refractivity contribution in [2.45, 2.75) is 27.2 Å². The molecule has 0 spiro atoms. The largest absolute Gasteiger partial charge is 0.488 e. The Morgan fingerprint density at radius 3 is 2.05 bits per heavy atom. The number of rotatable bonds is 3. The molecular weight excluding hydrogens is 241 g/mol. The third-order valence-corrected chi connectivity index (χ3v) is 1.94. The molecule has 0 saturated heterocycles. The van der Waals surface area contributed by atoms with Crippen molar-refractivity contribution in [2.24, 2.45) is 4.99 Å². The van der Waals surface area contributed by atoms with Gasteiger partial charge in [-0.25, -0.2) is 4.99 Å². The number of nitrogens with zero attached hydrogens (tertiary/aromatic N) is 1. The minimum Gasteiger partial charge on any atom is -0.481 e. The maximum atomic E-state index is 8.94. The highest BCUT2D eigenvalue weighted by Gasteiger charge is 2.11. The summed E-state index contributed by atoms with van der Waals surface area (Å²) < 4.78 is 5.11. The third-order valence-electron chi connectivity index (χ3n) is 1.94. The lowest BCUT2D eigenvalue weighted by Crippen LogP contribution is -2.29. The Bertz CT molecular complexity index is 413. The van der Waals surface area contributed by atoms with Crippen LogP contribution in [-0.4, -0.2) is 30.2 Å². The van der Waals surface area contributed by atoms with Crippen LogP contribution in [0.2, 0.25) is 0 Å². The molecule has 4 nitrogen and oxygen atoms in total. The van der Waals surface area contributed by atoms with Crippen molar-refractivity contribution in [3.8, 4) is 0 Å². The van der Waals surface area contributed by atoms with Crippen LogP contribution in [0.5, 0.6) is 0 Å². The van der Waals surface area contributed by atoms with Gasteiger partial charge in [-0.1, -0.05) is 39.0 Å². The number of allylic oxidation sites excluding steroid dienone is 1. The summed E-state index contributed by atoms with van der Waals surface area (Å²) in [4.78, 5) is 4.12. The molecule has 1 aromatic rings. The molecule has 1 rings (SSSR count). The topological polar surface area (TPSA) is 62.0 Å². The predicted octanol–water partition coefficient (Wildman–Crippen LogP) is 1.71. The minimum atomic E-state index is -1.46. The molecule has 0 saturated carbocycles. The molecule has 19 heavy (non-hydrogen) atoms. The van der Waals surface area contributed by atoms with E-state index in [1.165, 1.54) is 13.5 Å². The molecule has 0 atom stereocenters. The van der Waals surface area contributed by atoms with Gasteiger partial charge in [0.2, 0.25) is 5.90 Å². The highest BCUT2D eigenvalue weighted by molar-refractivity contribution is 6.58. The van der Waals surface area contributed by atoms with E-state index in [2.05, 4.69) is 25.4 Å². The molecule has 0 fully saturated rings. The van der Waals surface area contributed by atoms with E-state index in [0.29, 0.717) is 17.1 Å². The minimum absolute atomic E-state index is 0.425. The average molecular weight is 263 g/mol. The summed E-state index contributed by atoms with van der Waals surface area (Å²) in [5.74, 6) is 0.450. The fourth-order valence-corrected chi connectivity index (χ4v) is 1.20. The smallest absolute Gasteiger partial charge is 0.481 e. The molecule has 0 aliphatic heterocycles. The van der Waals surface area contributed by atoms with E-state index >= 15 is 0 Å². The maximum absolute atomic E-state index is 8.94. The zero-order chi connectivity index (χ0) is 14.8. The van der Waals surface area contributed by atoms with Crippen molar-refractivity contribution in [3.05, 3.63) is 42.1 Å². The zero-order valence-electron chi connectivity index (χ0n) is 12.1. The van der Waals surface area contributed by atoms with Crippen molar-refractivity contribution >= 4 is 18.5 Å². The summed E-state index contributed by atoms with van der Waals surface area (Å²) in [7, 11) is 0.0643. The molecule has 0 aliphatic carbocycles. The maximum Gasteiger partial charge on any atom is 0.488 e. The van der Waals surface area contributed by atoms with E-state index in [0.717, 1.165) is 5.56 Å². The van der Waals surface area contributed by atoms with Crippen LogP contribution < -0.4 is 5.46 Å². The third kappa shape index (κ3) is 6.79. The normalized spacial score (nSPS) is 10.3. The van der Waals surface area contributed by atoms with Crippen molar-refractivity contribution < 1.29 is 14.8 Å². The SMILES string of the molecule is C=C(C)N=C(OC)c1ccc(B(O)O)cc1.CCC. The van der Waals surface area contributed by atoms with Crippen molar-refractivity contribution in [2.75, 3.05) is 7.11 Å². The van der Waals surface area contributed by atoms with Crippen molar-refractivity contribution in [3.63, 3.8) is 0 Å². The van der Waals surface area contributed by atoms with Crippen LogP contribution in [0.25, 0.3) is 0 Å². The lowest BCUT2D eigenvalue weighted by atomic mass is 9.80. The molecule has 104 valence electrons. The van der Waals surface area contributed by atoms with Crippen LogP contribution in [0, 0.1) is 0 Å². The first-order valence-corrected chi connectivity index (χ1v) is 6.20. The lowest BCUT2D eigenvalue weighted by Gasteiger charge is -2.06. The van der Waals surface area contributed by atoms with E-state index in [9.17, 15) is 0 Å². The molecule has 0 aliphatic rings. The van der Waals surface area contributed by atoms with Gasteiger partial charge in [0.05, 0.1) is 7.11 Å². The van der Waals surface area contributed by atoms with Crippen LogP contribution in [-0.2, 0) is 4.74 Å². The second kappa shape index (κ2) is 9.36. The summed E-state index contributed by atoms with van der Waals surface area (Å²) in [6.45, 7) is 9.69. The molecule has 0 radical (unpaired) electrons. The van der Waals surface area contributed by atoms with Crippen LogP contribution >= 0.6 is 0 Å². The first kappa shape index (κ1) is 17.4. The molecule has 2 N–H and O–H groups in total. The monoisotopic (exact) mass is 263 g/mol. The van der Waals surface area contributed by atoms with E-state index in [1.807, 2.05) is 0 Å². The van der Waals surface area contributed by atoms with Gasteiger partial charge in [0.25, 0.3) is 0 Å². The van der Waals surface area contributed by atoms with Gasteiger partial charge in [0.15, 0.2) is 0 Å². The average Bonchev–Trinajstić information content (AvgIpc) is 2.37. The number of methoxy groups -OCH3 is 1. The molecule has 0 unspecified atom stereocenters. The predicted molar refractivity (Wildman–Crippen MR) is 80.6 cm³/mol. The van der Waals surface area contributed by atoms with Gasteiger partial charge in [-0.05, 0) is 24.5 Å². The van der Waals surface area contributed by atoms with E-state index < -0.39 is 7.12 Å². The first-order valence-electron chi connectivity index (χ1n) is 6.20. The molecule has 0 aromatic heterocycles. The summed E-state index contributed by atoms with van der Waals surface area (Å²) in [5, 5.41) is 17.9. The van der Waals surface area contributed by atoms with Crippen LogP contribution in [0.1, 0.15) is 32.8 Å². The van der Waals surface area contributed by atoms with Crippen LogP contribution in [0.4, 0.5) is 0 Å². The van der Waals surface area contributed by atoms with Gasteiger partial charge in [-0.2, -0.15) is 0 Å². The fraction of sp³-hybridized carbons (Fsp3) is 0.357. The van der Waals surface area contributed by atoms with Crippen molar-refractivity contribution in [1.29, 1.82) is 0 Å². The first-order chi connectivity index (χ1) is 8.96. The van der Waals surface area contributed by atoms with Gasteiger partial charge in [-0.3, -0.25) is 0 Å². The quantitative estimate of drug-likeness (QED) is 0.495. The Kier molecular flexibility index (Phi) is 8.58. The van der Waals surface area contributed by atoms with E-state index in [1.54, 1.807) is 31.2 Å². The molecule has 0 heterocycles. The van der Waals surface area contributed by atoms with Gasteiger partial charge in [0.1, 0.15) is 0 Å². The van der Waals surface area contributed by atoms with Gasteiger partial charge in [0, 0.05) is 11.3 Å². The van der Waals surface area contributed by atoms with Crippen molar-refractivity contribution in [1.82, 2.24) is 0 Å². The van der Waals surface area contributed by atoms with E-state index in [-0.39, 0.29) is 0 Å². The van der Waals surface area contributed by atoms with Gasteiger partial charge in [-0.15, -0.1) is 0 Å². The standard InChI is InChI=1S/C11H14BNO3.C3H8/c1-8(2)13-11(16-3)9-4-6-10(7-5-9)12(14)15;1-3-2/h4-7,14-15H,1H2,2-3H3;3H2,1-2H3. The number of benzene rings is 1. The Balaban J connectivity index is 0.000000982. The summed E-state index contributed by atoms with van der Waals surface area (Å²) in [6, 6.07) is 6.63. The van der Waals surface area contributed by atoms with Gasteiger partial charge < -0.3 is 14.8 Å². The summed E-state index contributed by atoms with van der Waals surface area (Å²) in [5.41, 5.74) is 1.83. The number of hydrogen-bond acceptors (Lipinski definition) is 4. The molecule has 0 amide bonds. The second-order valence-electron chi connectivity index (χ2n) is 4.06. The molecule has 0 bridgehead atoms. The number of ether oxygens (including phenoxy) is 1. The Hall–Kier alpha value is -1.59. The highest BCUT2D eigenvalue weighted by Crippen LogP contribution is 2.04. The fourth-order valence-electron chi connectivity index (χ4n) is 1.20. The Morgan fingerprint density at radius 2 is 1.74 bits per heavy atom. The summed E-state index contributed by atoms with van der Waals surface area (Å²) in [6.07, 6.45) is 1.25. The molecule has 5 heteroatoms. The van der Waals surface area contributed by atoms with Gasteiger partial charge >= 0.3 is 7.12 Å². The molecule has 1 aromatic carbocycles. The lowest BCUT2D eigenvalue weighted by molar-refractivity contribution is 0.404. The Morgan fingerprint density at radius 1 is 1.26 bits per heavy atom. The second-order valence-corrected chi connectivity index (χ2v) is 4.06. The number of hydrogen-bond donors (Lipinski definition) is 2. The van der Waals surface area contributed by atoms with E-state index in [4.69, 9.17) is 14.8 Å². The highest BCUT2D eigenvalue weighted by atomic mass is 16.5. The number of aliphatic imine (C=N–C) groups is 1. The Labute approximate surface area is 115 Å². The zero-order valence-corrected chi connectivity index (χ0v) is 12.1.